The Kier molecular flexibility index (Phi) is 3.06. The smallest absolute Gasteiger partial charge is 0.206 e. The number of nitrogens with zero attached hydrogens (tertiary/aromatic N) is 4. The Hall–Kier alpha value is -1.95. The molecule has 0 amide bonds. The summed E-state index contributed by atoms with van der Waals surface area (Å²) >= 11 is 0. The first-order valence-electron chi connectivity index (χ1n) is 5.38. The van der Waals surface area contributed by atoms with E-state index in [0.717, 1.165) is 5.69 Å². The fourth-order valence-electron chi connectivity index (χ4n) is 1.52. The highest BCUT2D eigenvalue weighted by Crippen LogP contribution is 2.10. The van der Waals surface area contributed by atoms with Crippen LogP contribution in [0.5, 0.6) is 0 Å². The van der Waals surface area contributed by atoms with E-state index in [1.807, 2.05) is 0 Å². The average Bonchev–Trinajstić information content (AvgIpc) is 2.75. The van der Waals surface area contributed by atoms with E-state index in [1.165, 1.54) is 10.7 Å². The third-order valence-electron chi connectivity index (χ3n) is 2.49. The van der Waals surface area contributed by atoms with Gasteiger partial charge in [-0.1, -0.05) is 6.92 Å². The van der Waals surface area contributed by atoms with Gasteiger partial charge in [-0.05, 0) is 6.42 Å². The van der Waals surface area contributed by atoms with Gasteiger partial charge in [0.15, 0.2) is 0 Å². The lowest BCUT2D eigenvalue weighted by atomic mass is 10.2. The number of hydrogen-bond donors (Lipinski definition) is 1. The zero-order valence-electron chi connectivity index (χ0n) is 9.74. The molecule has 90 valence electrons. The number of hydrogen-bond acceptors (Lipinski definition) is 4. The van der Waals surface area contributed by atoms with Crippen molar-refractivity contribution < 1.29 is 5.11 Å². The van der Waals surface area contributed by atoms with Crippen molar-refractivity contribution >= 4 is 0 Å². The van der Waals surface area contributed by atoms with Crippen LogP contribution in [-0.4, -0.2) is 24.7 Å². The zero-order valence-corrected chi connectivity index (χ0v) is 9.74. The molecule has 0 saturated heterocycles. The van der Waals surface area contributed by atoms with Gasteiger partial charge in [0, 0.05) is 19.3 Å². The van der Waals surface area contributed by atoms with Crippen molar-refractivity contribution in [3.05, 3.63) is 40.6 Å². The third-order valence-corrected chi connectivity index (χ3v) is 2.49. The lowest BCUT2D eigenvalue weighted by Gasteiger charge is -2.08. The molecule has 2 rings (SSSR count). The second-order valence-corrected chi connectivity index (χ2v) is 3.81. The summed E-state index contributed by atoms with van der Waals surface area (Å²) < 4.78 is 3.17. The molecule has 2 heterocycles. The summed E-state index contributed by atoms with van der Waals surface area (Å²) in [6.07, 6.45) is 4.61. The van der Waals surface area contributed by atoms with Crippen LogP contribution in [0.4, 0.5) is 0 Å². The van der Waals surface area contributed by atoms with Gasteiger partial charge in [-0.15, -0.1) is 0 Å². The first kappa shape index (κ1) is 11.5. The summed E-state index contributed by atoms with van der Waals surface area (Å²) in [7, 11) is 1.80. The molecule has 6 nitrogen and oxygen atoms in total. The highest BCUT2D eigenvalue weighted by atomic mass is 16.3. The molecule has 6 heteroatoms. The molecule has 0 saturated carbocycles. The Balaban J connectivity index is 2.47. The highest BCUT2D eigenvalue weighted by molar-refractivity contribution is 5.24. The first-order chi connectivity index (χ1) is 8.11. The molecule has 0 aliphatic rings. The van der Waals surface area contributed by atoms with Gasteiger partial charge in [-0.25, -0.2) is 4.68 Å². The minimum Gasteiger partial charge on any atom is -0.387 e. The van der Waals surface area contributed by atoms with Crippen LogP contribution in [-0.2, 0) is 7.05 Å². The molecule has 0 aliphatic carbocycles. The van der Waals surface area contributed by atoms with Crippen LogP contribution in [0.25, 0.3) is 5.69 Å². The van der Waals surface area contributed by atoms with Crippen molar-refractivity contribution in [1.82, 2.24) is 19.6 Å². The van der Waals surface area contributed by atoms with Crippen molar-refractivity contribution in [2.45, 2.75) is 19.4 Å². The maximum Gasteiger partial charge on any atom is 0.206 e. The van der Waals surface area contributed by atoms with Gasteiger partial charge in [0.2, 0.25) is 5.43 Å². The minimum absolute atomic E-state index is 0.166. The Labute approximate surface area is 98.1 Å². The van der Waals surface area contributed by atoms with Crippen LogP contribution >= 0.6 is 0 Å². The molecule has 1 unspecified atom stereocenters. The van der Waals surface area contributed by atoms with Crippen molar-refractivity contribution in [3.63, 3.8) is 0 Å². The quantitative estimate of drug-likeness (QED) is 0.834. The van der Waals surface area contributed by atoms with Crippen LogP contribution in [0.15, 0.2) is 29.5 Å². The molecule has 0 fully saturated rings. The molecule has 1 N–H and O–H groups in total. The van der Waals surface area contributed by atoms with Crippen molar-refractivity contribution in [1.29, 1.82) is 0 Å². The summed E-state index contributed by atoms with van der Waals surface area (Å²) in [5, 5.41) is 17.8. The monoisotopic (exact) mass is 234 g/mol. The van der Waals surface area contributed by atoms with Crippen LogP contribution in [0.1, 0.15) is 25.1 Å². The molecule has 0 bridgehead atoms. The standard InChI is InChI=1S/C11H14N4O2/c1-3-9(16)11-10(17)4-5-15(13-11)8-6-12-14(2)7-8/h4-7,9,16H,3H2,1-2H3. The zero-order chi connectivity index (χ0) is 12.4. The average molecular weight is 234 g/mol. The van der Waals surface area contributed by atoms with Crippen LogP contribution in [0, 0.1) is 0 Å². The van der Waals surface area contributed by atoms with Gasteiger partial charge in [-0.3, -0.25) is 9.48 Å². The predicted octanol–water partition coefficient (Wildman–Crippen LogP) is 0.409. The number of aliphatic hydroxyl groups is 1. The molecule has 0 aromatic carbocycles. The molecule has 2 aromatic heterocycles. The van der Waals surface area contributed by atoms with Crippen LogP contribution in [0.3, 0.4) is 0 Å². The van der Waals surface area contributed by atoms with E-state index < -0.39 is 6.10 Å². The Morgan fingerprint density at radius 1 is 1.53 bits per heavy atom. The van der Waals surface area contributed by atoms with Crippen molar-refractivity contribution in [3.8, 4) is 5.69 Å². The molecular weight excluding hydrogens is 220 g/mol. The van der Waals surface area contributed by atoms with Gasteiger partial charge < -0.3 is 5.11 Å². The fraction of sp³-hybridized carbons (Fsp3) is 0.364. The van der Waals surface area contributed by atoms with Gasteiger partial charge in [-0.2, -0.15) is 10.2 Å². The molecule has 0 radical (unpaired) electrons. The summed E-state index contributed by atoms with van der Waals surface area (Å²) in [5.74, 6) is 0. The first-order valence-corrected chi connectivity index (χ1v) is 5.38. The largest absolute Gasteiger partial charge is 0.387 e. The molecule has 1 atom stereocenters. The number of aromatic nitrogens is 4. The van der Waals surface area contributed by atoms with Crippen LogP contribution in [0.2, 0.25) is 0 Å². The molecule has 2 aromatic rings. The van der Waals surface area contributed by atoms with E-state index in [0.29, 0.717) is 6.42 Å². The van der Waals surface area contributed by atoms with Crippen molar-refractivity contribution in [2.75, 3.05) is 0 Å². The van der Waals surface area contributed by atoms with Crippen LogP contribution < -0.4 is 5.43 Å². The topological polar surface area (TPSA) is 72.9 Å². The molecule has 17 heavy (non-hydrogen) atoms. The van der Waals surface area contributed by atoms with Gasteiger partial charge in [0.05, 0.1) is 12.4 Å². The number of aryl methyl sites for hydroxylation is 1. The molecule has 0 aliphatic heterocycles. The maximum absolute atomic E-state index is 11.6. The normalized spacial score (nSPS) is 12.6. The fourth-order valence-corrected chi connectivity index (χ4v) is 1.52. The molecule has 0 spiro atoms. The summed E-state index contributed by atoms with van der Waals surface area (Å²) in [6, 6.07) is 1.40. The molecular formula is C11H14N4O2. The number of rotatable bonds is 3. The number of aliphatic hydroxyl groups excluding tert-OH is 1. The lowest BCUT2D eigenvalue weighted by Crippen LogP contribution is -2.18. The second kappa shape index (κ2) is 4.50. The second-order valence-electron chi connectivity index (χ2n) is 3.81. The Bertz CT molecular complexity index is 573. The van der Waals surface area contributed by atoms with E-state index in [9.17, 15) is 9.90 Å². The summed E-state index contributed by atoms with van der Waals surface area (Å²) in [6.45, 7) is 1.80. The van der Waals surface area contributed by atoms with E-state index in [-0.39, 0.29) is 11.1 Å². The predicted molar refractivity (Wildman–Crippen MR) is 61.9 cm³/mol. The Morgan fingerprint density at radius 3 is 2.88 bits per heavy atom. The third kappa shape index (κ3) is 2.26. The SMILES string of the molecule is CCC(O)c1nn(-c2cnn(C)c2)ccc1=O. The van der Waals surface area contributed by atoms with Crippen molar-refractivity contribution in [2.24, 2.45) is 7.05 Å². The minimum atomic E-state index is -0.827. The van der Waals surface area contributed by atoms with Gasteiger partial charge in [0.1, 0.15) is 17.5 Å². The van der Waals surface area contributed by atoms with E-state index >= 15 is 0 Å². The van der Waals surface area contributed by atoms with Gasteiger partial charge in [0.25, 0.3) is 0 Å². The summed E-state index contributed by atoms with van der Waals surface area (Å²) in [4.78, 5) is 11.6. The Morgan fingerprint density at radius 2 is 2.29 bits per heavy atom. The van der Waals surface area contributed by atoms with Gasteiger partial charge >= 0.3 is 0 Å². The van der Waals surface area contributed by atoms with E-state index in [4.69, 9.17) is 0 Å². The highest BCUT2D eigenvalue weighted by Gasteiger charge is 2.12. The maximum atomic E-state index is 11.6. The lowest BCUT2D eigenvalue weighted by molar-refractivity contribution is 0.165. The van der Waals surface area contributed by atoms with E-state index in [1.54, 1.807) is 37.2 Å². The van der Waals surface area contributed by atoms with E-state index in [2.05, 4.69) is 10.2 Å². The summed E-state index contributed by atoms with van der Waals surface area (Å²) in [5.41, 5.74) is 0.662.